The van der Waals surface area contributed by atoms with Crippen LogP contribution in [0.5, 0.6) is 0 Å². The van der Waals surface area contributed by atoms with Gasteiger partial charge < -0.3 is 0 Å². The van der Waals surface area contributed by atoms with Crippen LogP contribution in [0.4, 0.5) is 27.8 Å². The molecule has 4 rings (SSSR count). The number of nitrogens with one attached hydrogen (secondary N) is 1. The standard InChI is InChI=1S/C20H14F5N3O2S/c21-12-6-7-13(11-4-5-11)14(10-12)19-15(20(23,24)25)8-9-17(27-19)28-31(29,30)18-3-1-2-16(22)26-18/h1-3,6-11H,4-5H2,(H,27,28). The highest BCUT2D eigenvalue weighted by Gasteiger charge is 2.37. The van der Waals surface area contributed by atoms with Gasteiger partial charge in [0.15, 0.2) is 5.03 Å². The maximum absolute atomic E-state index is 13.9. The summed E-state index contributed by atoms with van der Waals surface area (Å²) in [5.41, 5.74) is -1.28. The van der Waals surface area contributed by atoms with E-state index < -0.39 is 50.1 Å². The molecule has 1 N–H and O–H groups in total. The van der Waals surface area contributed by atoms with Gasteiger partial charge in [-0.25, -0.2) is 14.4 Å². The summed E-state index contributed by atoms with van der Waals surface area (Å²) in [5.74, 6) is -2.25. The first-order valence-corrected chi connectivity index (χ1v) is 10.6. The lowest BCUT2D eigenvalue weighted by Gasteiger charge is -2.17. The second-order valence-electron chi connectivity index (χ2n) is 7.00. The lowest BCUT2D eigenvalue weighted by atomic mass is 9.97. The summed E-state index contributed by atoms with van der Waals surface area (Å²) in [5, 5.41) is -0.667. The van der Waals surface area contributed by atoms with E-state index in [1.165, 1.54) is 6.07 Å². The lowest BCUT2D eigenvalue weighted by Crippen LogP contribution is -2.17. The molecule has 0 unspecified atom stereocenters. The van der Waals surface area contributed by atoms with Gasteiger partial charge in [0.2, 0.25) is 5.95 Å². The molecule has 0 aliphatic heterocycles. The Kier molecular flexibility index (Phi) is 5.16. The van der Waals surface area contributed by atoms with E-state index in [4.69, 9.17) is 0 Å². The van der Waals surface area contributed by atoms with Gasteiger partial charge in [0.05, 0.1) is 11.3 Å². The van der Waals surface area contributed by atoms with E-state index in [2.05, 4.69) is 9.97 Å². The Morgan fingerprint density at radius 2 is 1.71 bits per heavy atom. The van der Waals surface area contributed by atoms with Gasteiger partial charge in [-0.15, -0.1) is 0 Å². The van der Waals surface area contributed by atoms with E-state index in [1.807, 2.05) is 4.72 Å². The fraction of sp³-hybridized carbons (Fsp3) is 0.200. The van der Waals surface area contributed by atoms with Gasteiger partial charge in [0.1, 0.15) is 11.6 Å². The van der Waals surface area contributed by atoms with Crippen LogP contribution >= 0.6 is 0 Å². The monoisotopic (exact) mass is 455 g/mol. The second-order valence-corrected chi connectivity index (χ2v) is 8.63. The average molecular weight is 455 g/mol. The molecular weight excluding hydrogens is 441 g/mol. The van der Waals surface area contributed by atoms with Crippen LogP contribution in [0.3, 0.4) is 0 Å². The molecule has 0 amide bonds. The molecule has 31 heavy (non-hydrogen) atoms. The van der Waals surface area contributed by atoms with Crippen molar-refractivity contribution in [2.24, 2.45) is 0 Å². The molecular formula is C20H14F5N3O2S. The topological polar surface area (TPSA) is 72.0 Å². The summed E-state index contributed by atoms with van der Waals surface area (Å²) in [4.78, 5) is 7.12. The maximum Gasteiger partial charge on any atom is 0.418 e. The summed E-state index contributed by atoms with van der Waals surface area (Å²) in [7, 11) is -4.42. The fourth-order valence-corrected chi connectivity index (χ4v) is 4.12. The number of rotatable bonds is 5. The molecule has 0 atom stereocenters. The van der Waals surface area contributed by atoms with Crippen LogP contribution in [0.2, 0.25) is 0 Å². The SMILES string of the molecule is O=S(=O)(Nc1ccc(C(F)(F)F)c(-c2cc(F)ccc2C2CC2)n1)c1cccc(F)n1. The van der Waals surface area contributed by atoms with Gasteiger partial charge >= 0.3 is 6.18 Å². The van der Waals surface area contributed by atoms with E-state index in [0.717, 1.165) is 49.2 Å². The van der Waals surface area contributed by atoms with Crippen LogP contribution in [-0.2, 0) is 16.2 Å². The van der Waals surface area contributed by atoms with Crippen molar-refractivity contribution in [2.75, 3.05) is 4.72 Å². The Hall–Kier alpha value is -3.08. The predicted octanol–water partition coefficient (Wildman–Crippen LogP) is 5.12. The largest absolute Gasteiger partial charge is 0.418 e. The van der Waals surface area contributed by atoms with Crippen molar-refractivity contribution in [3.05, 3.63) is 71.4 Å². The molecule has 162 valence electrons. The van der Waals surface area contributed by atoms with Gasteiger partial charge in [-0.05, 0) is 60.7 Å². The number of pyridine rings is 2. The summed E-state index contributed by atoms with van der Waals surface area (Å²) in [6, 6.07) is 8.12. The molecule has 5 nitrogen and oxygen atoms in total. The maximum atomic E-state index is 13.9. The summed E-state index contributed by atoms with van der Waals surface area (Å²) in [6.07, 6.45) is -3.31. The highest BCUT2D eigenvalue weighted by Crippen LogP contribution is 2.46. The number of hydrogen-bond donors (Lipinski definition) is 1. The van der Waals surface area contributed by atoms with Crippen LogP contribution in [0.15, 0.2) is 53.6 Å². The number of alkyl halides is 3. The quantitative estimate of drug-likeness (QED) is 0.428. The van der Waals surface area contributed by atoms with Crippen molar-refractivity contribution in [1.82, 2.24) is 9.97 Å². The molecule has 1 aliphatic carbocycles. The van der Waals surface area contributed by atoms with Gasteiger partial charge in [-0.3, -0.25) is 4.72 Å². The minimum absolute atomic E-state index is 0.0182. The molecule has 0 saturated heterocycles. The Balaban J connectivity index is 1.82. The third kappa shape index (κ3) is 4.50. The minimum Gasteiger partial charge on any atom is -0.262 e. The van der Waals surface area contributed by atoms with Gasteiger partial charge in [0, 0.05) is 5.56 Å². The minimum atomic E-state index is -4.81. The van der Waals surface area contributed by atoms with E-state index in [9.17, 15) is 30.4 Å². The second kappa shape index (κ2) is 7.56. The third-order valence-corrected chi connectivity index (χ3v) is 5.95. The van der Waals surface area contributed by atoms with Crippen LogP contribution in [0.25, 0.3) is 11.3 Å². The number of benzene rings is 1. The molecule has 0 radical (unpaired) electrons. The molecule has 11 heteroatoms. The Morgan fingerprint density at radius 1 is 0.968 bits per heavy atom. The first kappa shape index (κ1) is 21.2. The molecule has 0 bridgehead atoms. The average Bonchev–Trinajstić information content (AvgIpc) is 3.52. The smallest absolute Gasteiger partial charge is 0.262 e. The van der Waals surface area contributed by atoms with Crippen LogP contribution in [-0.4, -0.2) is 18.4 Å². The van der Waals surface area contributed by atoms with E-state index in [1.54, 1.807) is 0 Å². The van der Waals surface area contributed by atoms with E-state index in [0.29, 0.717) is 11.6 Å². The lowest BCUT2D eigenvalue weighted by molar-refractivity contribution is -0.137. The van der Waals surface area contributed by atoms with Crippen molar-refractivity contribution < 1.29 is 30.4 Å². The molecule has 3 aromatic rings. The summed E-state index contributed by atoms with van der Waals surface area (Å²) < 4.78 is 95.0. The van der Waals surface area contributed by atoms with Crippen molar-refractivity contribution in [3.63, 3.8) is 0 Å². The molecule has 2 heterocycles. The zero-order valence-corrected chi connectivity index (χ0v) is 16.4. The highest BCUT2D eigenvalue weighted by molar-refractivity contribution is 7.92. The van der Waals surface area contributed by atoms with Crippen molar-refractivity contribution in [2.45, 2.75) is 30.0 Å². The van der Waals surface area contributed by atoms with Gasteiger partial charge in [0.25, 0.3) is 10.0 Å². The van der Waals surface area contributed by atoms with E-state index in [-0.39, 0.29) is 11.5 Å². The van der Waals surface area contributed by atoms with Crippen molar-refractivity contribution >= 4 is 15.8 Å². The normalized spacial score (nSPS) is 14.5. The van der Waals surface area contributed by atoms with Crippen LogP contribution < -0.4 is 4.72 Å². The number of sulfonamides is 1. The molecule has 1 fully saturated rings. The Morgan fingerprint density at radius 3 is 2.35 bits per heavy atom. The van der Waals surface area contributed by atoms with E-state index >= 15 is 0 Å². The Labute approximate surface area is 174 Å². The third-order valence-electron chi connectivity index (χ3n) is 4.69. The van der Waals surface area contributed by atoms with Crippen LogP contribution in [0, 0.1) is 11.8 Å². The zero-order chi connectivity index (χ0) is 22.4. The Bertz CT molecular complexity index is 1260. The first-order valence-electron chi connectivity index (χ1n) is 9.08. The van der Waals surface area contributed by atoms with Gasteiger partial charge in [-0.1, -0.05) is 12.1 Å². The highest BCUT2D eigenvalue weighted by atomic mass is 32.2. The molecule has 1 aliphatic rings. The fourth-order valence-electron chi connectivity index (χ4n) is 3.16. The summed E-state index contributed by atoms with van der Waals surface area (Å²) in [6.45, 7) is 0. The number of anilines is 1. The predicted molar refractivity (Wildman–Crippen MR) is 102 cm³/mol. The first-order chi connectivity index (χ1) is 14.5. The van der Waals surface area contributed by atoms with Crippen LogP contribution in [0.1, 0.15) is 29.9 Å². The number of nitrogens with zero attached hydrogens (tertiary/aromatic N) is 2. The van der Waals surface area contributed by atoms with Crippen molar-refractivity contribution in [1.29, 1.82) is 0 Å². The number of halogens is 5. The van der Waals surface area contributed by atoms with Gasteiger partial charge in [-0.2, -0.15) is 26.0 Å². The van der Waals surface area contributed by atoms with Crippen molar-refractivity contribution in [3.8, 4) is 11.3 Å². The summed E-state index contributed by atoms with van der Waals surface area (Å²) >= 11 is 0. The molecule has 2 aromatic heterocycles. The number of aromatic nitrogens is 2. The number of hydrogen-bond acceptors (Lipinski definition) is 4. The zero-order valence-electron chi connectivity index (χ0n) is 15.6. The molecule has 1 aromatic carbocycles. The molecule has 1 saturated carbocycles. The molecule has 0 spiro atoms.